The first-order valence-corrected chi connectivity index (χ1v) is 2.82. The van der Waals surface area contributed by atoms with Gasteiger partial charge in [-0.15, -0.1) is 0 Å². The molecule has 0 heterocycles. The zero-order chi connectivity index (χ0) is 7.44. The largest absolute Gasteiger partial charge is 0.399 e. The van der Waals surface area contributed by atoms with Crippen molar-refractivity contribution in [1.82, 2.24) is 0 Å². The standard InChI is InChI=1S/C8H13N/c1-6(2)7(3)5-8(4)9/h5H,1,4,9H2,2-3H3/b7-5-. The van der Waals surface area contributed by atoms with Crippen molar-refractivity contribution in [2.75, 3.05) is 0 Å². The van der Waals surface area contributed by atoms with Gasteiger partial charge in [0.25, 0.3) is 0 Å². The quantitative estimate of drug-likeness (QED) is 0.558. The summed E-state index contributed by atoms with van der Waals surface area (Å²) in [7, 11) is 0. The zero-order valence-corrected chi connectivity index (χ0v) is 6.07. The first kappa shape index (κ1) is 8.02. The summed E-state index contributed by atoms with van der Waals surface area (Å²) in [4.78, 5) is 0. The second-order valence-electron chi connectivity index (χ2n) is 2.18. The predicted molar refractivity (Wildman–Crippen MR) is 41.9 cm³/mol. The van der Waals surface area contributed by atoms with Crippen molar-refractivity contribution in [2.24, 2.45) is 5.73 Å². The summed E-state index contributed by atoms with van der Waals surface area (Å²) in [5, 5.41) is 0. The first-order valence-electron chi connectivity index (χ1n) is 2.82. The van der Waals surface area contributed by atoms with Crippen LogP contribution in [0.3, 0.4) is 0 Å². The van der Waals surface area contributed by atoms with Gasteiger partial charge in [0.15, 0.2) is 0 Å². The Labute approximate surface area is 56.6 Å². The van der Waals surface area contributed by atoms with Gasteiger partial charge in [0, 0.05) is 5.70 Å². The molecule has 0 aromatic rings. The number of hydrogen-bond donors (Lipinski definition) is 1. The van der Waals surface area contributed by atoms with Crippen LogP contribution in [0.2, 0.25) is 0 Å². The molecular weight excluding hydrogens is 110 g/mol. The molecule has 0 unspecified atom stereocenters. The third-order valence-electron chi connectivity index (χ3n) is 1.08. The molecule has 0 saturated carbocycles. The van der Waals surface area contributed by atoms with Crippen LogP contribution in [0.25, 0.3) is 0 Å². The van der Waals surface area contributed by atoms with Crippen LogP contribution in [0.1, 0.15) is 13.8 Å². The normalized spacial score (nSPS) is 11.1. The summed E-state index contributed by atoms with van der Waals surface area (Å²) in [6.45, 7) is 11.2. The fourth-order valence-electron chi connectivity index (χ4n) is 0.401. The molecule has 0 bridgehead atoms. The minimum absolute atomic E-state index is 0.579. The Bertz CT molecular complexity index is 163. The van der Waals surface area contributed by atoms with Crippen LogP contribution in [-0.4, -0.2) is 0 Å². The Morgan fingerprint density at radius 3 is 1.89 bits per heavy atom. The number of allylic oxidation sites excluding steroid dienone is 3. The van der Waals surface area contributed by atoms with Gasteiger partial charge in [-0.1, -0.05) is 18.7 Å². The molecular formula is C8H13N. The van der Waals surface area contributed by atoms with Crippen LogP contribution in [-0.2, 0) is 0 Å². The highest BCUT2D eigenvalue weighted by Crippen LogP contribution is 2.05. The minimum atomic E-state index is 0.579. The van der Waals surface area contributed by atoms with Crippen LogP contribution in [0, 0.1) is 0 Å². The van der Waals surface area contributed by atoms with Gasteiger partial charge in [0.1, 0.15) is 0 Å². The molecule has 0 saturated heterocycles. The van der Waals surface area contributed by atoms with E-state index in [1.807, 2.05) is 19.9 Å². The third-order valence-corrected chi connectivity index (χ3v) is 1.08. The smallest absolute Gasteiger partial charge is 0.0243 e. The summed E-state index contributed by atoms with van der Waals surface area (Å²) < 4.78 is 0. The lowest BCUT2D eigenvalue weighted by molar-refractivity contribution is 1.32. The van der Waals surface area contributed by atoms with E-state index < -0.39 is 0 Å². The van der Waals surface area contributed by atoms with Gasteiger partial charge in [-0.3, -0.25) is 0 Å². The molecule has 0 aliphatic heterocycles. The molecule has 2 N–H and O–H groups in total. The van der Waals surface area contributed by atoms with E-state index in [4.69, 9.17) is 5.73 Å². The maximum atomic E-state index is 5.32. The number of hydrogen-bond acceptors (Lipinski definition) is 1. The van der Waals surface area contributed by atoms with Crippen LogP contribution in [0.4, 0.5) is 0 Å². The minimum Gasteiger partial charge on any atom is -0.399 e. The summed E-state index contributed by atoms with van der Waals surface area (Å²) in [5.74, 6) is 0. The lowest BCUT2D eigenvalue weighted by Crippen LogP contribution is -1.90. The highest BCUT2D eigenvalue weighted by atomic mass is 14.5. The summed E-state index contributed by atoms with van der Waals surface area (Å²) >= 11 is 0. The summed E-state index contributed by atoms with van der Waals surface area (Å²) in [6.07, 6.45) is 1.81. The fourth-order valence-corrected chi connectivity index (χ4v) is 0.401. The van der Waals surface area contributed by atoms with Crippen molar-refractivity contribution < 1.29 is 0 Å². The number of nitrogens with two attached hydrogens (primary N) is 1. The topological polar surface area (TPSA) is 26.0 Å². The molecule has 0 aliphatic carbocycles. The third kappa shape index (κ3) is 3.59. The average molecular weight is 123 g/mol. The maximum Gasteiger partial charge on any atom is 0.0243 e. The fraction of sp³-hybridized carbons (Fsp3) is 0.250. The van der Waals surface area contributed by atoms with Crippen molar-refractivity contribution in [3.63, 3.8) is 0 Å². The van der Waals surface area contributed by atoms with Gasteiger partial charge < -0.3 is 5.73 Å². The van der Waals surface area contributed by atoms with Crippen LogP contribution >= 0.6 is 0 Å². The van der Waals surface area contributed by atoms with Crippen molar-refractivity contribution >= 4 is 0 Å². The van der Waals surface area contributed by atoms with E-state index in [2.05, 4.69) is 13.2 Å². The molecule has 1 heteroatoms. The van der Waals surface area contributed by atoms with Crippen LogP contribution in [0.15, 0.2) is 36.1 Å². The van der Waals surface area contributed by atoms with Gasteiger partial charge >= 0.3 is 0 Å². The summed E-state index contributed by atoms with van der Waals surface area (Å²) in [5.41, 5.74) is 8.01. The molecule has 0 aromatic carbocycles. The van der Waals surface area contributed by atoms with E-state index in [0.717, 1.165) is 11.1 Å². The lowest BCUT2D eigenvalue weighted by Gasteiger charge is -1.96. The lowest BCUT2D eigenvalue weighted by atomic mass is 10.1. The molecule has 1 nitrogen and oxygen atoms in total. The molecule has 0 aliphatic rings. The van der Waals surface area contributed by atoms with Crippen molar-refractivity contribution in [3.05, 3.63) is 36.1 Å². The van der Waals surface area contributed by atoms with Crippen LogP contribution in [0.5, 0.6) is 0 Å². The van der Waals surface area contributed by atoms with Crippen LogP contribution < -0.4 is 5.73 Å². The average Bonchev–Trinajstić information content (AvgIpc) is 1.63. The molecule has 0 atom stereocenters. The maximum absolute atomic E-state index is 5.32. The van der Waals surface area contributed by atoms with E-state index in [9.17, 15) is 0 Å². The monoisotopic (exact) mass is 123 g/mol. The highest BCUT2D eigenvalue weighted by Gasteiger charge is 1.86. The van der Waals surface area contributed by atoms with Gasteiger partial charge in [-0.25, -0.2) is 0 Å². The zero-order valence-electron chi connectivity index (χ0n) is 6.07. The Kier molecular flexibility index (Phi) is 2.79. The second-order valence-corrected chi connectivity index (χ2v) is 2.18. The second kappa shape index (κ2) is 3.13. The van der Waals surface area contributed by atoms with E-state index in [1.54, 1.807) is 0 Å². The van der Waals surface area contributed by atoms with Crippen molar-refractivity contribution in [1.29, 1.82) is 0 Å². The Morgan fingerprint density at radius 2 is 1.78 bits per heavy atom. The summed E-state index contributed by atoms with van der Waals surface area (Å²) in [6, 6.07) is 0. The SMILES string of the molecule is C=C(N)/C=C(/C)C(=C)C. The Morgan fingerprint density at radius 1 is 1.33 bits per heavy atom. The van der Waals surface area contributed by atoms with Gasteiger partial charge in [0.05, 0.1) is 0 Å². The van der Waals surface area contributed by atoms with E-state index in [1.165, 1.54) is 0 Å². The van der Waals surface area contributed by atoms with Gasteiger partial charge in [-0.05, 0) is 25.5 Å². The van der Waals surface area contributed by atoms with Crippen molar-refractivity contribution in [3.8, 4) is 0 Å². The molecule has 0 amide bonds. The van der Waals surface area contributed by atoms with Crippen molar-refractivity contribution in [2.45, 2.75) is 13.8 Å². The molecule has 50 valence electrons. The van der Waals surface area contributed by atoms with E-state index in [-0.39, 0.29) is 0 Å². The molecule has 9 heavy (non-hydrogen) atoms. The molecule has 0 aromatic heterocycles. The first-order chi connectivity index (χ1) is 4.04. The Balaban J connectivity index is 4.17. The number of rotatable bonds is 2. The van der Waals surface area contributed by atoms with Gasteiger partial charge in [0.2, 0.25) is 0 Å². The Hall–Kier alpha value is -0.980. The highest BCUT2D eigenvalue weighted by molar-refractivity contribution is 5.30. The molecule has 0 fully saturated rings. The molecule has 0 radical (unpaired) electrons. The van der Waals surface area contributed by atoms with E-state index >= 15 is 0 Å². The molecule has 0 spiro atoms. The predicted octanol–water partition coefficient (Wildman–Crippen LogP) is 1.98. The van der Waals surface area contributed by atoms with E-state index in [0.29, 0.717) is 5.70 Å². The van der Waals surface area contributed by atoms with Gasteiger partial charge in [-0.2, -0.15) is 0 Å². The molecule has 0 rings (SSSR count).